The maximum atomic E-state index is 13.5. The molecule has 1 fully saturated rings. The molecular weight excluding hydrogens is 567 g/mol. The van der Waals surface area contributed by atoms with Gasteiger partial charge in [-0.3, -0.25) is 4.90 Å². The number of carbonyl (C=O) groups is 1. The van der Waals surface area contributed by atoms with Crippen molar-refractivity contribution in [2.45, 2.75) is 22.4 Å². The maximum absolute atomic E-state index is 13.5. The molecule has 2 heterocycles. The van der Waals surface area contributed by atoms with Gasteiger partial charge in [-0.15, -0.1) is 0 Å². The monoisotopic (exact) mass is 601 g/mol. The average Bonchev–Trinajstić information content (AvgIpc) is 3.00. The van der Waals surface area contributed by atoms with Crippen LogP contribution in [0.4, 0.5) is 24.5 Å². The molecule has 224 valence electrons. The van der Waals surface area contributed by atoms with Gasteiger partial charge in [-0.05, 0) is 67.6 Å². The lowest BCUT2D eigenvalue weighted by Gasteiger charge is -2.36. The molecule has 2 aliphatic rings. The highest BCUT2D eigenvalue weighted by Gasteiger charge is 2.33. The lowest BCUT2D eigenvalue weighted by molar-refractivity contribution is -0.146. The Hall–Kier alpha value is -3.41. The minimum Gasteiger partial charge on any atom is -0.497 e. The number of piperazine rings is 1. The van der Waals surface area contributed by atoms with Crippen molar-refractivity contribution in [1.29, 1.82) is 0 Å². The number of esters is 1. The summed E-state index contributed by atoms with van der Waals surface area (Å²) in [7, 11) is 1.59. The van der Waals surface area contributed by atoms with Crippen molar-refractivity contribution in [2.75, 3.05) is 71.0 Å². The molecule has 0 aromatic heterocycles. The molecule has 0 aliphatic carbocycles. The second kappa shape index (κ2) is 13.7. The number of alkyl halides is 3. The molecule has 3 aromatic carbocycles. The fraction of sp³-hybridized carbons (Fsp3) is 0.387. The summed E-state index contributed by atoms with van der Waals surface area (Å²) in [5.41, 5.74) is 0.933. The van der Waals surface area contributed by atoms with E-state index in [1.54, 1.807) is 37.4 Å². The Bertz CT molecular complexity index is 1350. The summed E-state index contributed by atoms with van der Waals surface area (Å²) in [5, 5.41) is 0. The van der Waals surface area contributed by atoms with Crippen LogP contribution in [0.1, 0.15) is 12.0 Å². The zero-order valence-corrected chi connectivity index (χ0v) is 24.3. The number of rotatable bonds is 11. The van der Waals surface area contributed by atoms with Crippen LogP contribution in [0.2, 0.25) is 0 Å². The third kappa shape index (κ3) is 7.70. The van der Waals surface area contributed by atoms with Crippen molar-refractivity contribution < 1.29 is 32.2 Å². The zero-order chi connectivity index (χ0) is 29.5. The summed E-state index contributed by atoms with van der Waals surface area (Å²) in [6.45, 7) is 5.78. The number of fused-ring (bicyclic) bond motifs is 2. The molecule has 0 saturated carbocycles. The molecule has 0 atom stereocenters. The summed E-state index contributed by atoms with van der Waals surface area (Å²) < 4.78 is 56.3. The van der Waals surface area contributed by atoms with E-state index < -0.39 is 17.7 Å². The van der Waals surface area contributed by atoms with Crippen molar-refractivity contribution in [3.8, 4) is 11.5 Å². The van der Waals surface area contributed by atoms with Gasteiger partial charge in [0.15, 0.2) is 6.61 Å². The number of ether oxygens (including phenoxy) is 3. The maximum Gasteiger partial charge on any atom is 0.416 e. The average molecular weight is 602 g/mol. The molecule has 5 rings (SSSR count). The Morgan fingerprint density at radius 3 is 2.21 bits per heavy atom. The van der Waals surface area contributed by atoms with E-state index in [1.165, 1.54) is 17.8 Å². The van der Waals surface area contributed by atoms with E-state index in [0.717, 1.165) is 60.7 Å². The topological polar surface area (TPSA) is 54.5 Å². The van der Waals surface area contributed by atoms with Crippen LogP contribution >= 0.6 is 11.8 Å². The molecule has 0 amide bonds. The van der Waals surface area contributed by atoms with Crippen molar-refractivity contribution >= 4 is 29.1 Å². The molecule has 7 nitrogen and oxygen atoms in total. The quantitative estimate of drug-likeness (QED) is 0.250. The van der Waals surface area contributed by atoms with Crippen LogP contribution in [-0.2, 0) is 15.7 Å². The summed E-state index contributed by atoms with van der Waals surface area (Å²) in [6, 6.07) is 18.9. The van der Waals surface area contributed by atoms with Gasteiger partial charge < -0.3 is 24.0 Å². The van der Waals surface area contributed by atoms with Gasteiger partial charge in [0.25, 0.3) is 0 Å². The third-order valence-corrected chi connectivity index (χ3v) is 8.49. The van der Waals surface area contributed by atoms with E-state index >= 15 is 0 Å². The van der Waals surface area contributed by atoms with E-state index in [0.29, 0.717) is 36.9 Å². The molecule has 0 spiro atoms. The summed E-state index contributed by atoms with van der Waals surface area (Å²) >= 11 is 1.51. The fourth-order valence-corrected chi connectivity index (χ4v) is 6.16. The molecule has 11 heteroatoms. The highest BCUT2D eigenvalue weighted by molar-refractivity contribution is 7.99. The molecule has 2 aliphatic heterocycles. The summed E-state index contributed by atoms with van der Waals surface area (Å²) in [6.07, 6.45) is -3.56. The number of hydrogen-bond donors (Lipinski definition) is 0. The van der Waals surface area contributed by atoms with Crippen molar-refractivity contribution in [2.24, 2.45) is 0 Å². The molecule has 3 aromatic rings. The SMILES string of the molecule is COc1ccc(OCC(=O)OCCN2CCN(CCCN3c4ccccc4Sc4ccc(C(F)(F)F)cc43)CC2)cc1. The van der Waals surface area contributed by atoms with E-state index in [4.69, 9.17) is 14.2 Å². The van der Waals surface area contributed by atoms with E-state index in [9.17, 15) is 18.0 Å². The molecule has 1 saturated heterocycles. The van der Waals surface area contributed by atoms with Crippen LogP contribution in [0.5, 0.6) is 11.5 Å². The van der Waals surface area contributed by atoms with Crippen LogP contribution in [0, 0.1) is 0 Å². The van der Waals surface area contributed by atoms with Crippen LogP contribution in [0.25, 0.3) is 0 Å². The van der Waals surface area contributed by atoms with Crippen LogP contribution in [0.3, 0.4) is 0 Å². The highest BCUT2D eigenvalue weighted by Crippen LogP contribution is 2.49. The van der Waals surface area contributed by atoms with E-state index in [2.05, 4.69) is 9.80 Å². The van der Waals surface area contributed by atoms with E-state index in [-0.39, 0.29) is 6.61 Å². The van der Waals surface area contributed by atoms with Gasteiger partial charge in [-0.2, -0.15) is 13.2 Å². The van der Waals surface area contributed by atoms with Gasteiger partial charge in [-0.25, -0.2) is 4.79 Å². The predicted octanol–water partition coefficient (Wildman–Crippen LogP) is 5.95. The molecule has 0 bridgehead atoms. The minimum absolute atomic E-state index is 0.151. The third-order valence-electron chi connectivity index (χ3n) is 7.36. The fourth-order valence-electron chi connectivity index (χ4n) is 5.08. The minimum atomic E-state index is -4.38. The zero-order valence-electron chi connectivity index (χ0n) is 23.4. The first-order valence-electron chi connectivity index (χ1n) is 13.9. The molecular formula is C31H34F3N3O4S. The molecule has 0 radical (unpaired) electrons. The highest BCUT2D eigenvalue weighted by atomic mass is 32.2. The molecule has 0 unspecified atom stereocenters. The number of nitrogens with zero attached hydrogens (tertiary/aromatic N) is 3. The first-order chi connectivity index (χ1) is 20.3. The largest absolute Gasteiger partial charge is 0.497 e. The van der Waals surface area contributed by atoms with Crippen molar-refractivity contribution in [3.63, 3.8) is 0 Å². The smallest absolute Gasteiger partial charge is 0.416 e. The van der Waals surface area contributed by atoms with Crippen LogP contribution in [0.15, 0.2) is 76.5 Å². The first kappa shape index (κ1) is 30.1. The number of benzene rings is 3. The number of anilines is 2. The number of halogens is 3. The lowest BCUT2D eigenvalue weighted by atomic mass is 10.1. The Morgan fingerprint density at radius 2 is 1.50 bits per heavy atom. The van der Waals surface area contributed by atoms with Crippen LogP contribution in [-0.4, -0.2) is 81.9 Å². The second-order valence-corrected chi connectivity index (χ2v) is 11.2. The Morgan fingerprint density at radius 1 is 0.833 bits per heavy atom. The van der Waals surface area contributed by atoms with Crippen molar-refractivity contribution in [3.05, 3.63) is 72.3 Å². The van der Waals surface area contributed by atoms with Gasteiger partial charge in [0.05, 0.1) is 24.0 Å². The van der Waals surface area contributed by atoms with Gasteiger partial charge in [-0.1, -0.05) is 23.9 Å². The number of hydrogen-bond acceptors (Lipinski definition) is 8. The Labute approximate surface area is 248 Å². The summed E-state index contributed by atoms with van der Waals surface area (Å²) in [4.78, 5) is 20.6. The first-order valence-corrected chi connectivity index (χ1v) is 14.7. The van der Waals surface area contributed by atoms with Gasteiger partial charge in [0.2, 0.25) is 0 Å². The normalized spacial score (nSPS) is 15.6. The number of carbonyl (C=O) groups excluding carboxylic acids is 1. The molecule has 42 heavy (non-hydrogen) atoms. The number of methoxy groups -OCH3 is 1. The Kier molecular flexibility index (Phi) is 9.81. The predicted molar refractivity (Wildman–Crippen MR) is 156 cm³/mol. The van der Waals surface area contributed by atoms with Gasteiger partial charge >= 0.3 is 12.1 Å². The Balaban J connectivity index is 1.04. The molecule has 0 N–H and O–H groups in total. The lowest BCUT2D eigenvalue weighted by Crippen LogP contribution is -2.47. The van der Waals surface area contributed by atoms with Crippen molar-refractivity contribution in [1.82, 2.24) is 9.80 Å². The standard InChI is InChI=1S/C31H34F3N3O4S/c1-39-24-8-10-25(11-9-24)41-22-30(38)40-20-19-36-17-15-35(16-18-36)13-4-14-37-26-5-2-3-6-28(26)42-29-12-7-23(21-27(29)37)31(32,33)34/h2-3,5-12,21H,4,13-20,22H2,1H3. The second-order valence-electron chi connectivity index (χ2n) is 10.1. The van der Waals surface area contributed by atoms with E-state index in [1.807, 2.05) is 29.2 Å². The van der Waals surface area contributed by atoms with Crippen LogP contribution < -0.4 is 14.4 Å². The summed E-state index contributed by atoms with van der Waals surface area (Å²) in [5.74, 6) is 0.874. The van der Waals surface area contributed by atoms with Gasteiger partial charge in [0, 0.05) is 49.1 Å². The number of para-hydroxylation sites is 1. The van der Waals surface area contributed by atoms with Gasteiger partial charge in [0.1, 0.15) is 18.1 Å².